The largest absolute Gasteiger partial charge is 0.378 e. The maximum Gasteiger partial charge on any atom is 0.314 e. The molecule has 10 nitrogen and oxygen atoms in total. The first-order chi connectivity index (χ1) is 12.4. The highest BCUT2D eigenvalue weighted by molar-refractivity contribution is 7.89. The summed E-state index contributed by atoms with van der Waals surface area (Å²) in [4.78, 5) is 21.5. The number of benzene rings is 1. The molecule has 0 saturated carbocycles. The van der Waals surface area contributed by atoms with E-state index in [-0.39, 0.29) is 29.8 Å². The molecule has 1 aromatic rings. The first-order valence-corrected chi connectivity index (χ1v) is 9.74. The van der Waals surface area contributed by atoms with Crippen molar-refractivity contribution in [3.05, 3.63) is 34.4 Å². The van der Waals surface area contributed by atoms with Crippen molar-refractivity contribution in [1.29, 1.82) is 0 Å². The second-order valence-corrected chi connectivity index (χ2v) is 7.53. The number of urea groups is 1. The van der Waals surface area contributed by atoms with E-state index in [2.05, 4.69) is 15.4 Å². The average Bonchev–Trinajstić information content (AvgIpc) is 3.12. The van der Waals surface area contributed by atoms with Gasteiger partial charge in [-0.3, -0.25) is 10.1 Å². The zero-order valence-electron chi connectivity index (χ0n) is 14.1. The van der Waals surface area contributed by atoms with Gasteiger partial charge in [-0.2, -0.15) is 0 Å². The second-order valence-electron chi connectivity index (χ2n) is 5.76. The number of hydrogen-bond acceptors (Lipinski definition) is 6. The van der Waals surface area contributed by atoms with E-state index in [1.165, 1.54) is 18.2 Å². The Labute approximate surface area is 151 Å². The lowest BCUT2D eigenvalue weighted by Crippen LogP contribution is -2.41. The van der Waals surface area contributed by atoms with Crippen molar-refractivity contribution in [3.63, 3.8) is 0 Å². The summed E-state index contributed by atoms with van der Waals surface area (Å²) in [6.45, 7) is 1.29. The fraction of sp³-hybridized carbons (Fsp3) is 0.533. The molecule has 1 unspecified atom stereocenters. The summed E-state index contributed by atoms with van der Waals surface area (Å²) in [5.41, 5.74) is -0.309. The van der Waals surface area contributed by atoms with Gasteiger partial charge >= 0.3 is 6.03 Å². The van der Waals surface area contributed by atoms with E-state index in [1.54, 1.807) is 0 Å². The predicted molar refractivity (Wildman–Crippen MR) is 93.3 cm³/mol. The Kier molecular flexibility index (Phi) is 7.30. The Morgan fingerprint density at radius 2 is 2.04 bits per heavy atom. The number of sulfonamides is 1. The zero-order chi connectivity index (χ0) is 19.0. The molecule has 0 aliphatic carbocycles. The van der Waals surface area contributed by atoms with Crippen molar-refractivity contribution in [2.24, 2.45) is 0 Å². The van der Waals surface area contributed by atoms with Crippen LogP contribution in [0.5, 0.6) is 0 Å². The van der Waals surface area contributed by atoms with Crippen molar-refractivity contribution < 1.29 is 22.9 Å². The standard InChI is InChI=1S/C15H22N4O6S/c20-15(16-7-6-13-4-2-10-25-13)17-8-9-18-26(23,24)14-5-1-3-12(11-14)19(21)22/h1,3,5,11,13,18H,2,4,6-10H2,(H2,16,17,20). The Bertz CT molecular complexity index is 733. The predicted octanol–water partition coefficient (Wildman–Crippen LogP) is 0.741. The summed E-state index contributed by atoms with van der Waals surface area (Å²) < 4.78 is 31.9. The lowest BCUT2D eigenvalue weighted by molar-refractivity contribution is -0.385. The van der Waals surface area contributed by atoms with Crippen LogP contribution in [0.2, 0.25) is 0 Å². The van der Waals surface area contributed by atoms with E-state index >= 15 is 0 Å². The molecule has 2 rings (SSSR count). The van der Waals surface area contributed by atoms with Gasteiger partial charge < -0.3 is 15.4 Å². The van der Waals surface area contributed by atoms with Crippen LogP contribution in [-0.4, -0.2) is 51.7 Å². The van der Waals surface area contributed by atoms with Gasteiger partial charge in [0, 0.05) is 38.4 Å². The molecule has 1 saturated heterocycles. The minimum Gasteiger partial charge on any atom is -0.378 e. The van der Waals surface area contributed by atoms with Crippen LogP contribution in [0.3, 0.4) is 0 Å². The van der Waals surface area contributed by atoms with Gasteiger partial charge in [0.2, 0.25) is 10.0 Å². The zero-order valence-corrected chi connectivity index (χ0v) is 15.0. The molecular weight excluding hydrogens is 364 g/mol. The normalized spacial score (nSPS) is 17.0. The molecule has 11 heteroatoms. The highest BCUT2D eigenvalue weighted by Gasteiger charge is 2.17. The maximum absolute atomic E-state index is 12.1. The van der Waals surface area contributed by atoms with Crippen LogP contribution in [0, 0.1) is 10.1 Å². The minimum atomic E-state index is -3.88. The Morgan fingerprint density at radius 3 is 2.73 bits per heavy atom. The lowest BCUT2D eigenvalue weighted by atomic mass is 10.2. The number of non-ortho nitro benzene ring substituents is 1. The third-order valence-corrected chi connectivity index (χ3v) is 5.28. The van der Waals surface area contributed by atoms with Crippen LogP contribution in [0.25, 0.3) is 0 Å². The molecule has 1 fully saturated rings. The number of nitrogens with zero attached hydrogens (tertiary/aromatic N) is 1. The van der Waals surface area contributed by atoms with Crippen molar-refractivity contribution >= 4 is 21.7 Å². The van der Waals surface area contributed by atoms with Gasteiger partial charge in [0.05, 0.1) is 15.9 Å². The number of nitro benzene ring substituents is 1. The Morgan fingerprint density at radius 1 is 1.27 bits per heavy atom. The van der Waals surface area contributed by atoms with E-state index in [4.69, 9.17) is 4.74 Å². The molecule has 1 aliphatic heterocycles. The van der Waals surface area contributed by atoms with Gasteiger partial charge in [0.15, 0.2) is 0 Å². The molecule has 144 valence electrons. The first kappa shape index (κ1) is 20.1. The number of rotatable bonds is 9. The summed E-state index contributed by atoms with van der Waals surface area (Å²) in [7, 11) is -3.88. The molecule has 0 bridgehead atoms. The molecule has 1 heterocycles. The summed E-state index contributed by atoms with van der Waals surface area (Å²) in [6, 6.07) is 4.36. The van der Waals surface area contributed by atoms with Crippen LogP contribution < -0.4 is 15.4 Å². The molecule has 0 spiro atoms. The highest BCUT2D eigenvalue weighted by atomic mass is 32.2. The fourth-order valence-electron chi connectivity index (χ4n) is 2.49. The number of ether oxygens (including phenoxy) is 1. The van der Waals surface area contributed by atoms with Crippen molar-refractivity contribution in [3.8, 4) is 0 Å². The van der Waals surface area contributed by atoms with Crippen molar-refractivity contribution in [1.82, 2.24) is 15.4 Å². The summed E-state index contributed by atoms with van der Waals surface area (Å²) in [5, 5.41) is 15.9. The summed E-state index contributed by atoms with van der Waals surface area (Å²) >= 11 is 0. The first-order valence-electron chi connectivity index (χ1n) is 8.26. The molecule has 2 amide bonds. The molecular formula is C15H22N4O6S. The minimum absolute atomic E-state index is 0.0375. The SMILES string of the molecule is O=C(NCCNS(=O)(=O)c1cccc([N+](=O)[O-])c1)NCCC1CCCO1. The van der Waals surface area contributed by atoms with Crippen LogP contribution in [-0.2, 0) is 14.8 Å². The summed E-state index contributed by atoms with van der Waals surface area (Å²) in [5.74, 6) is 0. The maximum atomic E-state index is 12.1. The van der Waals surface area contributed by atoms with Gasteiger partial charge in [-0.15, -0.1) is 0 Å². The number of hydrogen-bond donors (Lipinski definition) is 3. The smallest absolute Gasteiger partial charge is 0.314 e. The summed E-state index contributed by atoms with van der Waals surface area (Å²) in [6.07, 6.45) is 2.98. The van der Waals surface area contributed by atoms with E-state index in [0.29, 0.717) is 6.54 Å². The number of nitrogens with one attached hydrogen (secondary N) is 3. The van der Waals surface area contributed by atoms with Crippen molar-refractivity contribution in [2.75, 3.05) is 26.2 Å². The molecule has 1 aromatic carbocycles. The van der Waals surface area contributed by atoms with Crippen LogP contribution in [0.4, 0.5) is 10.5 Å². The van der Waals surface area contributed by atoms with E-state index in [0.717, 1.165) is 31.9 Å². The Hall–Kier alpha value is -2.24. The highest BCUT2D eigenvalue weighted by Crippen LogP contribution is 2.17. The number of carbonyl (C=O) groups excluding carboxylic acids is 1. The van der Waals surface area contributed by atoms with Gasteiger partial charge in [-0.25, -0.2) is 17.9 Å². The molecule has 26 heavy (non-hydrogen) atoms. The molecule has 0 aromatic heterocycles. The van der Waals surface area contributed by atoms with Gasteiger partial charge in [-0.1, -0.05) is 6.07 Å². The van der Waals surface area contributed by atoms with Gasteiger partial charge in [0.25, 0.3) is 5.69 Å². The number of carbonyl (C=O) groups is 1. The van der Waals surface area contributed by atoms with E-state index in [1.807, 2.05) is 0 Å². The molecule has 3 N–H and O–H groups in total. The quantitative estimate of drug-likeness (QED) is 0.325. The molecule has 1 aliphatic rings. The van der Waals surface area contributed by atoms with Crippen molar-refractivity contribution in [2.45, 2.75) is 30.3 Å². The van der Waals surface area contributed by atoms with Crippen LogP contribution in [0.1, 0.15) is 19.3 Å². The third-order valence-electron chi connectivity index (χ3n) is 3.82. The van der Waals surface area contributed by atoms with Gasteiger partial charge in [0.1, 0.15) is 0 Å². The van der Waals surface area contributed by atoms with E-state index < -0.39 is 21.0 Å². The Balaban J connectivity index is 1.68. The van der Waals surface area contributed by atoms with Crippen LogP contribution >= 0.6 is 0 Å². The monoisotopic (exact) mass is 386 g/mol. The molecule has 1 atom stereocenters. The molecule has 0 radical (unpaired) electrons. The average molecular weight is 386 g/mol. The lowest BCUT2D eigenvalue weighted by Gasteiger charge is -2.11. The topological polar surface area (TPSA) is 140 Å². The van der Waals surface area contributed by atoms with E-state index in [9.17, 15) is 23.3 Å². The number of nitro groups is 1. The fourth-order valence-corrected chi connectivity index (χ4v) is 3.56. The van der Waals surface area contributed by atoms with Gasteiger partial charge in [-0.05, 0) is 25.3 Å². The number of amides is 2. The third kappa shape index (κ3) is 6.24. The van der Waals surface area contributed by atoms with Crippen LogP contribution in [0.15, 0.2) is 29.2 Å². The second kappa shape index (κ2) is 9.46.